The lowest BCUT2D eigenvalue weighted by Crippen LogP contribution is -2.13. The number of nitrogens with two attached hydrogens (primary N) is 2. The van der Waals surface area contributed by atoms with E-state index in [4.69, 9.17) is 11.5 Å². The second-order valence-electron chi connectivity index (χ2n) is 4.54. The molecule has 3 heteroatoms. The van der Waals surface area contributed by atoms with Gasteiger partial charge in [-0.3, -0.25) is 0 Å². The van der Waals surface area contributed by atoms with Crippen LogP contribution >= 0.6 is 0 Å². The lowest BCUT2D eigenvalue weighted by atomic mass is 10.1. The Bertz CT molecular complexity index is 345. The van der Waals surface area contributed by atoms with Crippen molar-refractivity contribution in [3.05, 3.63) is 18.2 Å². The van der Waals surface area contributed by atoms with E-state index in [2.05, 4.69) is 12.2 Å². The fourth-order valence-corrected chi connectivity index (χ4v) is 1.80. The van der Waals surface area contributed by atoms with Crippen molar-refractivity contribution >= 4 is 17.1 Å². The summed E-state index contributed by atoms with van der Waals surface area (Å²) in [7, 11) is 0. The first-order valence-electron chi connectivity index (χ1n) is 5.55. The molecule has 1 unspecified atom stereocenters. The molecular formula is C12H19N3. The molecule has 1 aliphatic rings. The molecule has 1 atom stereocenters. The Morgan fingerprint density at radius 3 is 2.67 bits per heavy atom. The molecule has 1 saturated carbocycles. The van der Waals surface area contributed by atoms with Gasteiger partial charge in [0.25, 0.3) is 0 Å². The second kappa shape index (κ2) is 4.01. The highest BCUT2D eigenvalue weighted by Crippen LogP contribution is 2.36. The third-order valence-electron chi connectivity index (χ3n) is 3.14. The van der Waals surface area contributed by atoms with Gasteiger partial charge in [0.1, 0.15) is 0 Å². The zero-order valence-electron chi connectivity index (χ0n) is 9.16. The summed E-state index contributed by atoms with van der Waals surface area (Å²) < 4.78 is 0. The van der Waals surface area contributed by atoms with E-state index in [0.29, 0.717) is 11.4 Å². The van der Waals surface area contributed by atoms with Gasteiger partial charge in [-0.2, -0.15) is 0 Å². The van der Waals surface area contributed by atoms with Gasteiger partial charge in [-0.05, 0) is 42.9 Å². The van der Waals surface area contributed by atoms with Crippen LogP contribution < -0.4 is 16.8 Å². The highest BCUT2D eigenvalue weighted by Gasteiger charge is 2.27. The van der Waals surface area contributed by atoms with Crippen LogP contribution in [0.3, 0.4) is 0 Å². The Kier molecular flexibility index (Phi) is 2.71. The molecule has 0 heterocycles. The Balaban J connectivity index is 1.89. The quantitative estimate of drug-likeness (QED) is 0.661. The van der Waals surface area contributed by atoms with Crippen LogP contribution in [0.5, 0.6) is 0 Å². The van der Waals surface area contributed by atoms with Crippen LogP contribution in [0.1, 0.15) is 19.8 Å². The smallest absolute Gasteiger partial charge is 0.0568 e. The lowest BCUT2D eigenvalue weighted by molar-refractivity contribution is 0.536. The number of hydrogen-bond donors (Lipinski definition) is 3. The highest BCUT2D eigenvalue weighted by atomic mass is 14.9. The van der Waals surface area contributed by atoms with Crippen molar-refractivity contribution in [2.24, 2.45) is 11.8 Å². The molecule has 82 valence electrons. The highest BCUT2D eigenvalue weighted by molar-refractivity contribution is 5.69. The van der Waals surface area contributed by atoms with Crippen molar-refractivity contribution in [2.45, 2.75) is 19.8 Å². The normalized spacial score (nSPS) is 17.4. The van der Waals surface area contributed by atoms with Crippen molar-refractivity contribution in [1.29, 1.82) is 0 Å². The van der Waals surface area contributed by atoms with Crippen LogP contribution in [0.25, 0.3) is 0 Å². The topological polar surface area (TPSA) is 64.1 Å². The molecule has 0 bridgehead atoms. The zero-order valence-corrected chi connectivity index (χ0v) is 9.16. The molecule has 0 aromatic heterocycles. The predicted molar refractivity (Wildman–Crippen MR) is 65.6 cm³/mol. The average Bonchev–Trinajstić information content (AvgIpc) is 3.03. The predicted octanol–water partition coefficient (Wildman–Crippen LogP) is 2.31. The second-order valence-corrected chi connectivity index (χ2v) is 4.54. The van der Waals surface area contributed by atoms with E-state index >= 15 is 0 Å². The number of hydrogen-bond acceptors (Lipinski definition) is 3. The molecule has 3 nitrogen and oxygen atoms in total. The molecule has 1 aromatic carbocycles. The molecule has 15 heavy (non-hydrogen) atoms. The number of benzene rings is 1. The molecule has 1 aromatic rings. The Morgan fingerprint density at radius 2 is 2.07 bits per heavy atom. The number of anilines is 3. The van der Waals surface area contributed by atoms with E-state index in [0.717, 1.165) is 24.1 Å². The largest absolute Gasteiger partial charge is 0.397 e. The van der Waals surface area contributed by atoms with Crippen LogP contribution in [0.2, 0.25) is 0 Å². The third-order valence-corrected chi connectivity index (χ3v) is 3.14. The van der Waals surface area contributed by atoms with Crippen LogP contribution in [-0.4, -0.2) is 6.54 Å². The summed E-state index contributed by atoms with van der Waals surface area (Å²) in [6.07, 6.45) is 2.79. The summed E-state index contributed by atoms with van der Waals surface area (Å²) >= 11 is 0. The number of nitrogen functional groups attached to an aromatic ring is 2. The Morgan fingerprint density at radius 1 is 1.33 bits per heavy atom. The summed E-state index contributed by atoms with van der Waals surface area (Å²) in [5, 5.41) is 3.40. The van der Waals surface area contributed by atoms with E-state index in [1.54, 1.807) is 0 Å². The molecule has 0 aliphatic heterocycles. The van der Waals surface area contributed by atoms with Crippen molar-refractivity contribution in [3.8, 4) is 0 Å². The lowest BCUT2D eigenvalue weighted by Gasteiger charge is -2.13. The molecule has 1 fully saturated rings. The fraction of sp³-hybridized carbons (Fsp3) is 0.500. The molecule has 0 saturated heterocycles. The monoisotopic (exact) mass is 205 g/mol. The summed E-state index contributed by atoms with van der Waals surface area (Å²) in [5.74, 6) is 1.69. The van der Waals surface area contributed by atoms with Crippen LogP contribution in [0, 0.1) is 11.8 Å². The minimum Gasteiger partial charge on any atom is -0.397 e. The molecule has 1 aliphatic carbocycles. The van der Waals surface area contributed by atoms with Crippen LogP contribution in [0.15, 0.2) is 18.2 Å². The first-order valence-corrected chi connectivity index (χ1v) is 5.55. The third kappa shape index (κ3) is 2.55. The van der Waals surface area contributed by atoms with Gasteiger partial charge < -0.3 is 16.8 Å². The minimum absolute atomic E-state index is 0.649. The SMILES string of the molecule is CC(CNc1ccc(N)c(N)c1)C1CC1. The summed E-state index contributed by atoms with van der Waals surface area (Å²) in [4.78, 5) is 0. The molecule has 0 radical (unpaired) electrons. The van der Waals surface area contributed by atoms with E-state index in [-0.39, 0.29) is 0 Å². The van der Waals surface area contributed by atoms with Crippen molar-refractivity contribution in [3.63, 3.8) is 0 Å². The summed E-state index contributed by atoms with van der Waals surface area (Å²) in [6.45, 7) is 3.32. The van der Waals surface area contributed by atoms with Crippen molar-refractivity contribution in [2.75, 3.05) is 23.3 Å². The zero-order chi connectivity index (χ0) is 10.8. The van der Waals surface area contributed by atoms with Gasteiger partial charge in [0.05, 0.1) is 11.4 Å². The standard InChI is InChI=1S/C12H19N3/c1-8(9-2-3-9)7-15-10-4-5-11(13)12(14)6-10/h4-6,8-9,15H,2-3,7,13-14H2,1H3. The maximum atomic E-state index is 5.73. The summed E-state index contributed by atoms with van der Waals surface area (Å²) in [5.41, 5.74) is 13.7. The Hall–Kier alpha value is -1.38. The molecule has 5 N–H and O–H groups in total. The fourth-order valence-electron chi connectivity index (χ4n) is 1.80. The first kappa shape index (κ1) is 10.1. The van der Waals surface area contributed by atoms with Gasteiger partial charge in [0.15, 0.2) is 0 Å². The van der Waals surface area contributed by atoms with Crippen LogP contribution in [0.4, 0.5) is 17.1 Å². The minimum atomic E-state index is 0.649. The van der Waals surface area contributed by atoms with E-state index in [9.17, 15) is 0 Å². The molecular weight excluding hydrogens is 186 g/mol. The molecule has 2 rings (SSSR count). The average molecular weight is 205 g/mol. The van der Waals surface area contributed by atoms with Gasteiger partial charge in [-0.1, -0.05) is 6.92 Å². The maximum Gasteiger partial charge on any atom is 0.0568 e. The van der Waals surface area contributed by atoms with Gasteiger partial charge >= 0.3 is 0 Å². The van der Waals surface area contributed by atoms with Gasteiger partial charge in [0, 0.05) is 12.2 Å². The van der Waals surface area contributed by atoms with Crippen molar-refractivity contribution in [1.82, 2.24) is 0 Å². The van der Waals surface area contributed by atoms with E-state index in [1.165, 1.54) is 12.8 Å². The van der Waals surface area contributed by atoms with Gasteiger partial charge in [-0.25, -0.2) is 0 Å². The Labute approximate surface area is 90.8 Å². The number of nitrogens with one attached hydrogen (secondary N) is 1. The first-order chi connectivity index (χ1) is 7.16. The maximum absolute atomic E-state index is 5.73. The van der Waals surface area contributed by atoms with Crippen LogP contribution in [-0.2, 0) is 0 Å². The van der Waals surface area contributed by atoms with Gasteiger partial charge in [0.2, 0.25) is 0 Å². The van der Waals surface area contributed by atoms with E-state index < -0.39 is 0 Å². The summed E-state index contributed by atoms with van der Waals surface area (Å²) in [6, 6.07) is 5.72. The van der Waals surface area contributed by atoms with Gasteiger partial charge in [-0.15, -0.1) is 0 Å². The van der Waals surface area contributed by atoms with E-state index in [1.807, 2.05) is 18.2 Å². The molecule has 0 spiro atoms. The number of rotatable bonds is 4. The van der Waals surface area contributed by atoms with Crippen molar-refractivity contribution < 1.29 is 0 Å². The molecule has 0 amide bonds.